The number of rotatable bonds is 4. The van der Waals surface area contributed by atoms with E-state index in [1.54, 1.807) is 12.1 Å². The Balaban J connectivity index is 1.70. The molecular weight excluding hydrogens is 392 g/mol. The van der Waals surface area contributed by atoms with Crippen molar-refractivity contribution in [1.29, 1.82) is 0 Å². The number of phenols is 2. The number of fused-ring (bicyclic) bond motifs is 2. The van der Waals surface area contributed by atoms with E-state index in [-0.39, 0.29) is 29.6 Å². The van der Waals surface area contributed by atoms with E-state index in [1.807, 2.05) is 26.0 Å². The molecule has 0 bridgehead atoms. The molecule has 0 radical (unpaired) electrons. The third-order valence-electron chi connectivity index (χ3n) is 6.44. The highest BCUT2D eigenvalue weighted by molar-refractivity contribution is 5.57. The van der Waals surface area contributed by atoms with E-state index in [1.165, 1.54) is 0 Å². The van der Waals surface area contributed by atoms with Crippen LogP contribution >= 0.6 is 0 Å². The molecule has 0 aromatic heterocycles. The zero-order valence-corrected chi connectivity index (χ0v) is 18.8. The van der Waals surface area contributed by atoms with Gasteiger partial charge in [-0.1, -0.05) is 17.7 Å². The molecule has 0 aliphatic carbocycles. The minimum Gasteiger partial charge on any atom is -0.508 e. The Hall–Kier alpha value is -2.66. The van der Waals surface area contributed by atoms with Crippen LogP contribution in [0, 0.1) is 0 Å². The number of ether oxygens (including phenoxy) is 2. The van der Waals surface area contributed by atoms with Crippen LogP contribution in [0.25, 0.3) is 0 Å². The monoisotopic (exact) mass is 424 g/mol. The average molecular weight is 425 g/mol. The van der Waals surface area contributed by atoms with Gasteiger partial charge in [0.05, 0.1) is 13.2 Å². The molecule has 0 saturated carbocycles. The summed E-state index contributed by atoms with van der Waals surface area (Å²) in [5, 5.41) is 31.4. The predicted octanol–water partition coefficient (Wildman–Crippen LogP) is 4.92. The van der Waals surface area contributed by atoms with Crippen molar-refractivity contribution >= 4 is 0 Å². The van der Waals surface area contributed by atoms with Gasteiger partial charge in [0.15, 0.2) is 0 Å². The van der Waals surface area contributed by atoms with Crippen LogP contribution in [0.1, 0.15) is 67.9 Å². The van der Waals surface area contributed by atoms with E-state index in [0.29, 0.717) is 25.0 Å². The largest absolute Gasteiger partial charge is 0.508 e. The smallest absolute Gasteiger partial charge is 0.127 e. The maximum Gasteiger partial charge on any atom is 0.127 e. The van der Waals surface area contributed by atoms with Gasteiger partial charge in [-0.05, 0) is 65.0 Å². The SMILES string of the molecule is CC(C)=CCc1c(O)ccc([C@@H]2COc3cc4c(c(CO)c3C2)CCC(C)(C)O4)c1O. The second-order valence-electron chi connectivity index (χ2n) is 9.53. The maximum absolute atomic E-state index is 10.9. The van der Waals surface area contributed by atoms with Crippen LogP contribution in [0.4, 0.5) is 0 Å². The molecule has 0 saturated heterocycles. The van der Waals surface area contributed by atoms with Crippen molar-refractivity contribution in [2.45, 2.75) is 71.5 Å². The van der Waals surface area contributed by atoms with Crippen molar-refractivity contribution in [2.75, 3.05) is 6.61 Å². The first-order valence-electron chi connectivity index (χ1n) is 11.0. The van der Waals surface area contributed by atoms with Crippen molar-refractivity contribution in [3.05, 3.63) is 57.7 Å². The molecular formula is C26H32O5. The molecule has 2 heterocycles. The summed E-state index contributed by atoms with van der Waals surface area (Å²) in [6.07, 6.45) is 4.86. The molecule has 5 nitrogen and oxygen atoms in total. The van der Waals surface area contributed by atoms with Gasteiger partial charge in [-0.15, -0.1) is 0 Å². The maximum atomic E-state index is 10.9. The Labute approximate surface area is 184 Å². The van der Waals surface area contributed by atoms with E-state index in [9.17, 15) is 15.3 Å². The highest BCUT2D eigenvalue weighted by Crippen LogP contribution is 2.46. The van der Waals surface area contributed by atoms with Gasteiger partial charge in [-0.25, -0.2) is 0 Å². The molecule has 0 amide bonds. The Morgan fingerprint density at radius 3 is 2.61 bits per heavy atom. The third-order valence-corrected chi connectivity index (χ3v) is 6.44. The van der Waals surface area contributed by atoms with E-state index in [0.717, 1.165) is 52.2 Å². The highest BCUT2D eigenvalue weighted by Gasteiger charge is 2.33. The van der Waals surface area contributed by atoms with Crippen molar-refractivity contribution in [3.8, 4) is 23.0 Å². The van der Waals surface area contributed by atoms with Crippen LogP contribution in [-0.4, -0.2) is 27.5 Å². The molecule has 5 heteroatoms. The second-order valence-corrected chi connectivity index (χ2v) is 9.53. The summed E-state index contributed by atoms with van der Waals surface area (Å²) in [5.74, 6) is 1.71. The zero-order chi connectivity index (χ0) is 22.3. The minimum absolute atomic E-state index is 0.0668. The van der Waals surface area contributed by atoms with Gasteiger partial charge < -0.3 is 24.8 Å². The van der Waals surface area contributed by atoms with Gasteiger partial charge in [-0.2, -0.15) is 0 Å². The van der Waals surface area contributed by atoms with Crippen LogP contribution in [0.15, 0.2) is 29.8 Å². The molecule has 4 rings (SSSR count). The van der Waals surface area contributed by atoms with Crippen molar-refractivity contribution in [1.82, 2.24) is 0 Å². The van der Waals surface area contributed by atoms with Crippen molar-refractivity contribution in [3.63, 3.8) is 0 Å². The summed E-state index contributed by atoms with van der Waals surface area (Å²) in [6.45, 7) is 8.48. The van der Waals surface area contributed by atoms with Crippen LogP contribution in [0.2, 0.25) is 0 Å². The average Bonchev–Trinajstić information content (AvgIpc) is 2.71. The summed E-state index contributed by atoms with van der Waals surface area (Å²) >= 11 is 0. The number of aliphatic hydroxyl groups is 1. The van der Waals surface area contributed by atoms with Crippen molar-refractivity contribution in [2.24, 2.45) is 0 Å². The van der Waals surface area contributed by atoms with Gasteiger partial charge in [0.2, 0.25) is 0 Å². The summed E-state index contributed by atoms with van der Waals surface area (Å²) in [4.78, 5) is 0. The predicted molar refractivity (Wildman–Crippen MR) is 120 cm³/mol. The fourth-order valence-electron chi connectivity index (χ4n) is 4.63. The Bertz CT molecular complexity index is 1030. The van der Waals surface area contributed by atoms with Crippen LogP contribution < -0.4 is 9.47 Å². The van der Waals surface area contributed by atoms with E-state index in [4.69, 9.17) is 9.47 Å². The molecule has 31 heavy (non-hydrogen) atoms. The molecule has 2 aliphatic rings. The molecule has 0 spiro atoms. The van der Waals surface area contributed by atoms with Crippen LogP contribution in [-0.2, 0) is 25.9 Å². The van der Waals surface area contributed by atoms with Gasteiger partial charge >= 0.3 is 0 Å². The number of allylic oxidation sites excluding steroid dienone is 2. The molecule has 0 fully saturated rings. The number of phenolic OH excluding ortho intramolecular Hbond substituents is 2. The second kappa shape index (κ2) is 8.12. The first kappa shape index (κ1) is 21.6. The highest BCUT2D eigenvalue weighted by atomic mass is 16.5. The topological polar surface area (TPSA) is 79.2 Å². The zero-order valence-electron chi connectivity index (χ0n) is 18.8. The quantitative estimate of drug-likeness (QED) is 0.607. The van der Waals surface area contributed by atoms with Gasteiger partial charge in [-0.3, -0.25) is 0 Å². The lowest BCUT2D eigenvalue weighted by molar-refractivity contribution is 0.0827. The standard InChI is InChI=1S/C26H32O5/c1-15(2)5-6-19-22(28)8-7-17(25(19)29)16-11-20-21(13-27)18-9-10-26(3,4)31-24(18)12-23(20)30-14-16/h5,7-8,12,16,27-29H,6,9-11,13-14H2,1-4H3/t16-/m0/s1. The fraction of sp³-hybridized carbons (Fsp3) is 0.462. The lowest BCUT2D eigenvalue weighted by Gasteiger charge is -2.36. The molecule has 0 unspecified atom stereocenters. The first-order valence-corrected chi connectivity index (χ1v) is 11.0. The summed E-state index contributed by atoms with van der Waals surface area (Å²) in [5.41, 5.74) is 5.12. The molecule has 166 valence electrons. The summed E-state index contributed by atoms with van der Waals surface area (Å²) in [7, 11) is 0. The Morgan fingerprint density at radius 1 is 1.13 bits per heavy atom. The number of hydrogen-bond donors (Lipinski definition) is 3. The fourth-order valence-corrected chi connectivity index (χ4v) is 4.63. The molecule has 3 N–H and O–H groups in total. The van der Waals surface area contributed by atoms with Crippen LogP contribution in [0.5, 0.6) is 23.0 Å². The molecule has 2 aromatic rings. The van der Waals surface area contributed by atoms with E-state index in [2.05, 4.69) is 13.8 Å². The van der Waals surface area contributed by atoms with Gasteiger partial charge in [0.25, 0.3) is 0 Å². The molecule has 2 aliphatic heterocycles. The summed E-state index contributed by atoms with van der Waals surface area (Å²) < 4.78 is 12.3. The minimum atomic E-state index is -0.231. The normalized spacial score (nSPS) is 18.9. The van der Waals surface area contributed by atoms with E-state index >= 15 is 0 Å². The Morgan fingerprint density at radius 2 is 1.90 bits per heavy atom. The number of hydrogen-bond acceptors (Lipinski definition) is 5. The molecule has 2 aromatic carbocycles. The van der Waals surface area contributed by atoms with Crippen LogP contribution in [0.3, 0.4) is 0 Å². The molecule has 1 atom stereocenters. The van der Waals surface area contributed by atoms with E-state index < -0.39 is 0 Å². The lowest BCUT2D eigenvalue weighted by Crippen LogP contribution is -2.33. The number of benzene rings is 2. The van der Waals surface area contributed by atoms with Gasteiger partial charge in [0.1, 0.15) is 28.6 Å². The number of aliphatic hydroxyl groups excluding tert-OH is 1. The Kier molecular flexibility index (Phi) is 5.65. The summed E-state index contributed by atoms with van der Waals surface area (Å²) in [6, 6.07) is 5.38. The third kappa shape index (κ3) is 4.11. The van der Waals surface area contributed by atoms with Gasteiger partial charge in [0, 0.05) is 34.2 Å². The number of aromatic hydroxyl groups is 2. The first-order chi connectivity index (χ1) is 14.7. The lowest BCUT2D eigenvalue weighted by atomic mass is 9.83. The van der Waals surface area contributed by atoms with Crippen molar-refractivity contribution < 1.29 is 24.8 Å².